The molecule has 5 nitrogen and oxygen atoms in total. The van der Waals surface area contributed by atoms with Crippen LogP contribution >= 0.6 is 47.1 Å². The summed E-state index contributed by atoms with van der Waals surface area (Å²) in [6.07, 6.45) is 3.82. The van der Waals surface area contributed by atoms with E-state index in [1.54, 1.807) is 25.9 Å². The molecule has 35 heavy (non-hydrogen) atoms. The number of hydrogen-bond donors (Lipinski definition) is 0. The predicted octanol–water partition coefficient (Wildman–Crippen LogP) is 3.87. The Morgan fingerprint density at radius 3 is 2.00 bits per heavy atom. The van der Waals surface area contributed by atoms with Crippen molar-refractivity contribution in [3.05, 3.63) is 102 Å². The predicted molar refractivity (Wildman–Crippen MR) is 153 cm³/mol. The third-order valence-electron chi connectivity index (χ3n) is 5.73. The highest BCUT2D eigenvalue weighted by Gasteiger charge is 2.31. The number of allylic oxidation sites excluding steroid dienone is 1. The lowest BCUT2D eigenvalue weighted by atomic mass is 10.1. The second kappa shape index (κ2) is 9.66. The van der Waals surface area contributed by atoms with Crippen LogP contribution in [0.2, 0.25) is 0 Å². The molecule has 176 valence electrons. The third kappa shape index (κ3) is 4.33. The van der Waals surface area contributed by atoms with Crippen LogP contribution in [-0.2, 0) is 11.8 Å². The summed E-state index contributed by atoms with van der Waals surface area (Å²) in [7, 11) is 5.39. The summed E-state index contributed by atoms with van der Waals surface area (Å²) < 4.78 is 3.23. The number of rotatable bonds is 3. The number of benzene rings is 2. The first-order valence-corrected chi connectivity index (χ1v) is 13.6. The average molecular weight is 536 g/mol. The van der Waals surface area contributed by atoms with Gasteiger partial charge < -0.3 is 9.47 Å². The number of aromatic nitrogens is 1. The van der Waals surface area contributed by atoms with Crippen LogP contribution in [0.4, 0.5) is 0 Å². The second-order valence-corrected chi connectivity index (χ2v) is 11.6. The fourth-order valence-corrected chi connectivity index (χ4v) is 7.40. The van der Waals surface area contributed by atoms with E-state index in [-0.39, 0.29) is 11.5 Å². The van der Waals surface area contributed by atoms with Crippen molar-refractivity contribution in [2.45, 2.75) is 0 Å². The zero-order valence-corrected chi connectivity index (χ0v) is 22.5. The molecular weight excluding hydrogens is 515 g/mol. The lowest BCUT2D eigenvalue weighted by Crippen LogP contribution is -2.30. The highest BCUT2D eigenvalue weighted by atomic mass is 32.2. The standard InChI is InChI=1S/C26H21N3O2S4/c1-27-19(34-21(17-12-8-5-9-13-17)20(27)16-10-6-4-7-11-16)15-14-18-23(30)28(2)25(33-18)22-24(31)29(3)26(32)35-22/h4-15H,1-3H3/b18-14?,19-15+,25-22?. The van der Waals surface area contributed by atoms with Crippen molar-refractivity contribution >= 4 is 78.9 Å². The minimum atomic E-state index is -0.169. The zero-order chi connectivity index (χ0) is 24.7. The van der Waals surface area contributed by atoms with Crippen LogP contribution in [0, 0.1) is 0 Å². The summed E-state index contributed by atoms with van der Waals surface area (Å²) in [6.45, 7) is 0. The molecule has 2 aliphatic heterocycles. The molecular formula is C26H21N3O2S4. The summed E-state index contributed by atoms with van der Waals surface area (Å²) in [6, 6.07) is 20.6. The molecule has 0 bridgehead atoms. The smallest absolute Gasteiger partial charge is 0.268 e. The number of carbonyl (C=O) groups excluding carboxylic acids is 1. The fraction of sp³-hybridized carbons (Fsp3) is 0.115. The van der Waals surface area contributed by atoms with Crippen LogP contribution in [0.25, 0.3) is 21.6 Å². The number of thiazole rings is 1. The summed E-state index contributed by atoms with van der Waals surface area (Å²) >= 11 is 9.49. The number of thiocarbonyl (C=S) groups is 1. The number of hydrogen-bond acceptors (Lipinski definition) is 7. The fourth-order valence-electron chi connectivity index (χ4n) is 3.83. The Balaban J connectivity index is 1.59. The van der Waals surface area contributed by atoms with E-state index in [2.05, 4.69) is 29.2 Å². The van der Waals surface area contributed by atoms with Gasteiger partial charge in [-0.2, -0.15) is 0 Å². The molecule has 0 radical (unpaired) electrons. The van der Waals surface area contributed by atoms with Gasteiger partial charge in [0.15, 0.2) is 0 Å². The summed E-state index contributed by atoms with van der Waals surface area (Å²) in [5, 5.41) is 1.01. The van der Waals surface area contributed by atoms with Crippen molar-refractivity contribution in [2.24, 2.45) is 7.05 Å². The van der Waals surface area contributed by atoms with E-state index in [1.807, 2.05) is 55.6 Å². The third-order valence-corrected chi connectivity index (χ3v) is 9.86. The Bertz CT molecular complexity index is 1580. The van der Waals surface area contributed by atoms with Gasteiger partial charge >= 0.3 is 0 Å². The molecule has 5 rings (SSSR count). The topological polar surface area (TPSA) is 45.6 Å². The Morgan fingerprint density at radius 1 is 0.771 bits per heavy atom. The van der Waals surface area contributed by atoms with Gasteiger partial charge in [-0.25, -0.2) is 0 Å². The van der Waals surface area contributed by atoms with Crippen molar-refractivity contribution in [3.63, 3.8) is 0 Å². The first-order chi connectivity index (χ1) is 16.9. The molecule has 0 spiro atoms. The van der Waals surface area contributed by atoms with Crippen LogP contribution in [0.5, 0.6) is 0 Å². The lowest BCUT2D eigenvalue weighted by molar-refractivity contribution is -0.119. The molecule has 3 aromatic rings. The highest BCUT2D eigenvalue weighted by molar-refractivity contribution is 8.30. The molecule has 0 atom stereocenters. The molecule has 3 heterocycles. The van der Waals surface area contributed by atoms with Gasteiger partial charge in [0.1, 0.15) is 13.9 Å². The van der Waals surface area contributed by atoms with Gasteiger partial charge in [-0.05, 0) is 23.3 Å². The number of nitrogens with zero attached hydrogens (tertiary/aromatic N) is 3. The van der Waals surface area contributed by atoms with Crippen molar-refractivity contribution in [1.29, 1.82) is 0 Å². The molecule has 0 unspecified atom stereocenters. The SMILES string of the molecule is CN1C(=O)C(=c2sc(=C/C=C3/SC(c4ccccc4)=C(c4ccccc4)N3C)c(=O)n2C)SC1=S. The molecule has 1 saturated heterocycles. The maximum Gasteiger partial charge on any atom is 0.268 e. The average Bonchev–Trinajstić information content (AvgIpc) is 3.45. The van der Waals surface area contributed by atoms with Crippen LogP contribution in [0.3, 0.4) is 0 Å². The molecule has 9 heteroatoms. The van der Waals surface area contributed by atoms with Gasteiger partial charge in [0.2, 0.25) is 0 Å². The van der Waals surface area contributed by atoms with Crippen molar-refractivity contribution in [3.8, 4) is 0 Å². The summed E-state index contributed by atoms with van der Waals surface area (Å²) in [5.74, 6) is -0.169. The van der Waals surface area contributed by atoms with Crippen molar-refractivity contribution < 1.29 is 4.79 Å². The minimum Gasteiger partial charge on any atom is -0.338 e. The monoisotopic (exact) mass is 535 g/mol. The Morgan fingerprint density at radius 2 is 1.40 bits per heavy atom. The van der Waals surface area contributed by atoms with Crippen LogP contribution < -0.4 is 14.8 Å². The Hall–Kier alpha value is -2.85. The van der Waals surface area contributed by atoms with Crippen LogP contribution in [-0.4, -0.2) is 38.7 Å². The number of carbonyl (C=O) groups is 1. The molecule has 1 fully saturated rings. The number of thioether (sulfide) groups is 2. The van der Waals surface area contributed by atoms with E-state index in [9.17, 15) is 9.59 Å². The van der Waals surface area contributed by atoms with Gasteiger partial charge in [-0.15, -0.1) is 11.3 Å². The lowest BCUT2D eigenvalue weighted by Gasteiger charge is -2.17. The minimum absolute atomic E-state index is 0.131. The van der Waals surface area contributed by atoms with Gasteiger partial charge in [-0.1, -0.05) is 96.4 Å². The number of amides is 1. The second-order valence-electron chi connectivity index (χ2n) is 7.94. The Kier molecular flexibility index (Phi) is 6.59. The van der Waals surface area contributed by atoms with Gasteiger partial charge in [0.05, 0.1) is 15.3 Å². The van der Waals surface area contributed by atoms with Crippen molar-refractivity contribution in [2.75, 3.05) is 14.1 Å². The highest BCUT2D eigenvalue weighted by Crippen LogP contribution is 2.49. The van der Waals surface area contributed by atoms with Crippen molar-refractivity contribution in [1.82, 2.24) is 14.4 Å². The first-order valence-electron chi connectivity index (χ1n) is 10.8. The van der Waals surface area contributed by atoms with E-state index in [0.717, 1.165) is 21.9 Å². The van der Waals surface area contributed by atoms with Gasteiger partial charge in [-0.3, -0.25) is 14.5 Å². The van der Waals surface area contributed by atoms with E-state index in [0.29, 0.717) is 18.4 Å². The van der Waals surface area contributed by atoms with Crippen LogP contribution in [0.15, 0.2) is 76.6 Å². The summed E-state index contributed by atoms with van der Waals surface area (Å²) in [5.41, 5.74) is 3.27. The molecule has 2 aromatic carbocycles. The maximum atomic E-state index is 13.0. The molecule has 0 saturated carbocycles. The summed E-state index contributed by atoms with van der Waals surface area (Å²) in [4.78, 5) is 30.8. The van der Waals surface area contributed by atoms with Crippen LogP contribution in [0.1, 0.15) is 11.1 Å². The maximum absolute atomic E-state index is 13.0. The van der Waals surface area contributed by atoms with E-state index in [4.69, 9.17) is 12.2 Å². The van der Waals surface area contributed by atoms with E-state index < -0.39 is 0 Å². The molecule has 0 aliphatic carbocycles. The van der Waals surface area contributed by atoms with E-state index >= 15 is 0 Å². The Labute approximate surface area is 220 Å². The molecule has 1 aromatic heterocycles. The largest absolute Gasteiger partial charge is 0.338 e. The van der Waals surface area contributed by atoms with E-state index in [1.165, 1.54) is 37.5 Å². The normalized spacial score (nSPS) is 19.6. The molecule has 0 N–H and O–H groups in total. The zero-order valence-electron chi connectivity index (χ0n) is 19.2. The van der Waals surface area contributed by atoms with Gasteiger partial charge in [0, 0.05) is 26.0 Å². The van der Waals surface area contributed by atoms with Gasteiger partial charge in [0.25, 0.3) is 11.5 Å². The molecule has 2 aliphatic rings. The molecule has 1 amide bonds. The quantitative estimate of drug-likeness (QED) is 0.475. The first kappa shape index (κ1) is 23.9.